The van der Waals surface area contributed by atoms with E-state index >= 15 is 0 Å². The molecule has 0 aliphatic carbocycles. The van der Waals surface area contributed by atoms with E-state index in [4.69, 9.17) is 0 Å². The van der Waals surface area contributed by atoms with E-state index < -0.39 is 0 Å². The first-order valence-electron chi connectivity index (χ1n) is 6.72. The third-order valence-corrected chi connectivity index (χ3v) is 2.92. The van der Waals surface area contributed by atoms with Crippen molar-refractivity contribution in [3.8, 4) is 0 Å². The van der Waals surface area contributed by atoms with E-state index in [1.165, 1.54) is 0 Å². The summed E-state index contributed by atoms with van der Waals surface area (Å²) < 4.78 is 0. The van der Waals surface area contributed by atoms with Gasteiger partial charge in [0.15, 0.2) is 0 Å². The molecule has 0 aliphatic rings. The van der Waals surface area contributed by atoms with Gasteiger partial charge in [0.05, 0.1) is 6.54 Å². The van der Waals surface area contributed by atoms with E-state index in [1.54, 1.807) is 0 Å². The first-order chi connectivity index (χ1) is 8.97. The predicted molar refractivity (Wildman–Crippen MR) is 80.4 cm³/mol. The van der Waals surface area contributed by atoms with Crippen LogP contribution in [0.25, 0.3) is 0 Å². The standard InChI is InChI=1S/C15H25N3O/c1-12-6-5-7-14(10-12)17-15(19)11-16-13(2)8-9-18(3)4/h5-7,10,13,16H,8-9,11H2,1-4H3,(H,17,19). The van der Waals surface area contributed by atoms with Crippen molar-refractivity contribution in [3.63, 3.8) is 0 Å². The minimum absolute atomic E-state index is 0.00213. The Hall–Kier alpha value is -1.39. The number of carbonyl (C=O) groups is 1. The summed E-state index contributed by atoms with van der Waals surface area (Å²) in [4.78, 5) is 13.9. The highest BCUT2D eigenvalue weighted by atomic mass is 16.1. The Balaban J connectivity index is 2.28. The zero-order chi connectivity index (χ0) is 14.3. The summed E-state index contributed by atoms with van der Waals surface area (Å²) in [6, 6.07) is 8.16. The molecule has 0 heterocycles. The highest BCUT2D eigenvalue weighted by molar-refractivity contribution is 5.92. The maximum absolute atomic E-state index is 11.8. The third-order valence-electron chi connectivity index (χ3n) is 2.92. The summed E-state index contributed by atoms with van der Waals surface area (Å²) in [5.74, 6) is 0.00213. The van der Waals surface area contributed by atoms with Crippen LogP contribution in [0.3, 0.4) is 0 Å². The molecule has 0 saturated carbocycles. The molecule has 1 atom stereocenters. The fourth-order valence-electron chi connectivity index (χ4n) is 1.75. The van der Waals surface area contributed by atoms with Gasteiger partial charge in [-0.3, -0.25) is 4.79 Å². The van der Waals surface area contributed by atoms with Gasteiger partial charge in [-0.1, -0.05) is 12.1 Å². The number of carbonyl (C=O) groups excluding carboxylic acids is 1. The van der Waals surface area contributed by atoms with Crippen molar-refractivity contribution in [2.24, 2.45) is 0 Å². The molecule has 4 heteroatoms. The minimum atomic E-state index is 0.00213. The largest absolute Gasteiger partial charge is 0.325 e. The summed E-state index contributed by atoms with van der Waals surface area (Å²) in [7, 11) is 4.11. The molecule has 19 heavy (non-hydrogen) atoms. The molecule has 0 bridgehead atoms. The summed E-state index contributed by atoms with van der Waals surface area (Å²) in [6.07, 6.45) is 1.03. The summed E-state index contributed by atoms with van der Waals surface area (Å²) >= 11 is 0. The highest BCUT2D eigenvalue weighted by Crippen LogP contribution is 2.08. The van der Waals surface area contributed by atoms with Crippen LogP contribution in [-0.4, -0.2) is 44.0 Å². The second kappa shape index (κ2) is 7.92. The van der Waals surface area contributed by atoms with Crippen LogP contribution in [0.15, 0.2) is 24.3 Å². The van der Waals surface area contributed by atoms with Crippen molar-refractivity contribution in [3.05, 3.63) is 29.8 Å². The van der Waals surface area contributed by atoms with Gasteiger partial charge in [0.25, 0.3) is 0 Å². The SMILES string of the molecule is Cc1cccc(NC(=O)CNC(C)CCN(C)C)c1. The van der Waals surface area contributed by atoms with Crippen LogP contribution in [0.5, 0.6) is 0 Å². The molecule has 1 aromatic rings. The summed E-state index contributed by atoms with van der Waals surface area (Å²) in [6.45, 7) is 5.48. The number of aryl methyl sites for hydroxylation is 1. The molecule has 0 saturated heterocycles. The van der Waals surface area contributed by atoms with Crippen molar-refractivity contribution in [2.75, 3.05) is 32.5 Å². The average Bonchev–Trinajstić information content (AvgIpc) is 2.34. The van der Waals surface area contributed by atoms with Gasteiger partial charge < -0.3 is 15.5 Å². The van der Waals surface area contributed by atoms with E-state index in [0.717, 1.165) is 24.2 Å². The Bertz CT molecular complexity index is 404. The number of hydrogen-bond acceptors (Lipinski definition) is 3. The Morgan fingerprint density at radius 1 is 1.37 bits per heavy atom. The van der Waals surface area contributed by atoms with Crippen LogP contribution in [0, 0.1) is 6.92 Å². The van der Waals surface area contributed by atoms with Gasteiger partial charge in [-0.2, -0.15) is 0 Å². The first-order valence-corrected chi connectivity index (χ1v) is 6.72. The summed E-state index contributed by atoms with van der Waals surface area (Å²) in [5, 5.41) is 6.13. The van der Waals surface area contributed by atoms with Gasteiger partial charge in [-0.15, -0.1) is 0 Å². The second-order valence-corrected chi connectivity index (χ2v) is 5.29. The lowest BCUT2D eigenvalue weighted by molar-refractivity contribution is -0.115. The van der Waals surface area contributed by atoms with Crippen LogP contribution in [0.2, 0.25) is 0 Å². The Kier molecular flexibility index (Phi) is 6.53. The number of hydrogen-bond donors (Lipinski definition) is 2. The van der Waals surface area contributed by atoms with Gasteiger partial charge in [-0.25, -0.2) is 0 Å². The number of amides is 1. The first kappa shape index (κ1) is 15.7. The number of nitrogens with one attached hydrogen (secondary N) is 2. The van der Waals surface area contributed by atoms with Gasteiger partial charge in [-0.05, 0) is 58.6 Å². The van der Waals surface area contributed by atoms with E-state index in [1.807, 2.05) is 31.2 Å². The molecule has 2 N–H and O–H groups in total. The molecule has 0 radical (unpaired) electrons. The van der Waals surface area contributed by atoms with Crippen LogP contribution < -0.4 is 10.6 Å². The summed E-state index contributed by atoms with van der Waals surface area (Å²) in [5.41, 5.74) is 2.00. The molecular formula is C15H25N3O. The third kappa shape index (κ3) is 6.94. The van der Waals surface area contributed by atoms with Gasteiger partial charge in [0.2, 0.25) is 5.91 Å². The molecule has 106 valence electrons. The van der Waals surface area contributed by atoms with Gasteiger partial charge in [0.1, 0.15) is 0 Å². The van der Waals surface area contributed by atoms with Crippen molar-refractivity contribution in [2.45, 2.75) is 26.3 Å². The van der Waals surface area contributed by atoms with E-state index in [9.17, 15) is 4.79 Å². The lowest BCUT2D eigenvalue weighted by Crippen LogP contribution is -2.36. The van der Waals surface area contributed by atoms with Crippen molar-refractivity contribution < 1.29 is 4.79 Å². The molecule has 1 amide bonds. The highest BCUT2D eigenvalue weighted by Gasteiger charge is 2.06. The predicted octanol–water partition coefficient (Wildman–Crippen LogP) is 1.86. The molecule has 4 nitrogen and oxygen atoms in total. The monoisotopic (exact) mass is 263 g/mol. The zero-order valence-electron chi connectivity index (χ0n) is 12.4. The molecular weight excluding hydrogens is 238 g/mol. The van der Waals surface area contributed by atoms with E-state index in [-0.39, 0.29) is 5.91 Å². The smallest absolute Gasteiger partial charge is 0.238 e. The molecule has 1 aromatic carbocycles. The van der Waals surface area contributed by atoms with Crippen LogP contribution in [0.4, 0.5) is 5.69 Å². The minimum Gasteiger partial charge on any atom is -0.325 e. The Labute approximate surface area is 116 Å². The van der Waals surface area contributed by atoms with Crippen molar-refractivity contribution in [1.29, 1.82) is 0 Å². The molecule has 0 spiro atoms. The van der Waals surface area contributed by atoms with E-state index in [2.05, 4.69) is 36.6 Å². The Morgan fingerprint density at radius 3 is 2.74 bits per heavy atom. The van der Waals surface area contributed by atoms with Crippen molar-refractivity contribution in [1.82, 2.24) is 10.2 Å². The fourth-order valence-corrected chi connectivity index (χ4v) is 1.75. The zero-order valence-corrected chi connectivity index (χ0v) is 12.4. The fraction of sp³-hybridized carbons (Fsp3) is 0.533. The number of benzene rings is 1. The molecule has 0 aliphatic heterocycles. The second-order valence-electron chi connectivity index (χ2n) is 5.29. The van der Waals surface area contributed by atoms with Crippen molar-refractivity contribution >= 4 is 11.6 Å². The van der Waals surface area contributed by atoms with Gasteiger partial charge >= 0.3 is 0 Å². The lowest BCUT2D eigenvalue weighted by Gasteiger charge is -2.16. The lowest BCUT2D eigenvalue weighted by atomic mass is 10.2. The number of anilines is 1. The van der Waals surface area contributed by atoms with Crippen LogP contribution in [0.1, 0.15) is 18.9 Å². The topological polar surface area (TPSA) is 44.4 Å². The number of nitrogens with zero attached hydrogens (tertiary/aromatic N) is 1. The van der Waals surface area contributed by atoms with Gasteiger partial charge in [0, 0.05) is 11.7 Å². The normalized spacial score (nSPS) is 12.5. The maximum Gasteiger partial charge on any atom is 0.238 e. The number of rotatable bonds is 7. The van der Waals surface area contributed by atoms with Crippen LogP contribution >= 0.6 is 0 Å². The maximum atomic E-state index is 11.8. The molecule has 1 rings (SSSR count). The molecule has 1 unspecified atom stereocenters. The Morgan fingerprint density at radius 2 is 2.11 bits per heavy atom. The molecule has 0 fully saturated rings. The quantitative estimate of drug-likeness (QED) is 0.789. The van der Waals surface area contributed by atoms with Crippen LogP contribution in [-0.2, 0) is 4.79 Å². The average molecular weight is 263 g/mol. The molecule has 0 aromatic heterocycles. The van der Waals surface area contributed by atoms with E-state index in [0.29, 0.717) is 12.6 Å².